The molecule has 0 aliphatic carbocycles. The molecule has 0 aliphatic rings. The zero-order chi connectivity index (χ0) is 59.0. The molecule has 0 atom stereocenters. The molecule has 6 N–H and O–H groups in total. The molecule has 84 heavy (non-hydrogen) atoms. The van der Waals surface area contributed by atoms with E-state index in [1.165, 1.54) is 33.1 Å². The van der Waals surface area contributed by atoms with Gasteiger partial charge in [0, 0.05) is 123 Å². The quantitative estimate of drug-likeness (QED) is 0.129. The smallest absolute Gasteiger partial charge is 0.116 e. The number of aromatic amines is 4. The maximum absolute atomic E-state index is 4.58. The van der Waals surface area contributed by atoms with E-state index in [0.29, 0.717) is 0 Å². The SMILES string of the molecule is BrBr.Brc1[nH]nc2ccccc12.C.C(#Cc1[nH]nc2ccccc12)c1ccccc1.CC.CC.CC.CC.CC.Cn1nc(-c2ccccc2)c2ccccc21.O.[Ac].c1ccc(CCc2[nH]nc3ccccc23)cc1.c1ccc2[nH]ncc2c1. The fourth-order valence-corrected chi connectivity index (χ4v) is 8.09. The first-order chi connectivity index (χ1) is 40.1. The van der Waals surface area contributed by atoms with Crippen LogP contribution in [-0.2, 0) is 19.9 Å². The third-order valence-electron chi connectivity index (χ3n) is 11.2. The third-order valence-corrected chi connectivity index (χ3v) is 11.8. The minimum atomic E-state index is 0. The Morgan fingerprint density at radius 1 is 0.452 bits per heavy atom. The molecule has 5 aromatic heterocycles. The number of aryl methyl sites for hydroxylation is 3. The zero-order valence-electron chi connectivity index (χ0n) is 49.6. The van der Waals surface area contributed by atoms with Gasteiger partial charge in [0.05, 0.1) is 33.8 Å². The summed E-state index contributed by atoms with van der Waals surface area (Å²) in [6, 6.07) is 71.2. The molecule has 1 radical (unpaired) electrons. The van der Waals surface area contributed by atoms with Gasteiger partial charge in [0.1, 0.15) is 16.0 Å². The van der Waals surface area contributed by atoms with Gasteiger partial charge in [-0.1, -0.05) is 246 Å². The van der Waals surface area contributed by atoms with Crippen molar-refractivity contribution >= 4 is 98.7 Å². The number of rotatable bonds is 4. The van der Waals surface area contributed by atoms with Crippen LogP contribution < -0.4 is 0 Å². The second-order valence-electron chi connectivity index (χ2n) is 15.8. The summed E-state index contributed by atoms with van der Waals surface area (Å²) in [6.07, 6.45) is 3.87. The van der Waals surface area contributed by atoms with Crippen LogP contribution in [0.4, 0.5) is 0 Å². The monoisotopic (exact) mass is 1530 g/mol. The first-order valence-electron chi connectivity index (χ1n) is 27.6. The Bertz CT molecular complexity index is 3730. The van der Waals surface area contributed by atoms with Gasteiger partial charge in [0.25, 0.3) is 0 Å². The summed E-state index contributed by atoms with van der Waals surface area (Å²) >= 11 is 8.85. The van der Waals surface area contributed by atoms with Gasteiger partial charge in [0.15, 0.2) is 0 Å². The maximum Gasteiger partial charge on any atom is 0.116 e. The fourth-order valence-electron chi connectivity index (χ4n) is 7.66. The van der Waals surface area contributed by atoms with Crippen LogP contribution in [0.5, 0.6) is 0 Å². The summed E-state index contributed by atoms with van der Waals surface area (Å²) in [6.45, 7) is 20.0. The van der Waals surface area contributed by atoms with Crippen LogP contribution in [0.25, 0.3) is 65.8 Å². The predicted molar refractivity (Wildman–Crippen MR) is 369 cm³/mol. The van der Waals surface area contributed by atoms with Crippen LogP contribution in [0.15, 0.2) is 223 Å². The Morgan fingerprint density at radius 3 is 1.50 bits per heavy atom. The largest absolute Gasteiger partial charge is 0.412 e. The first kappa shape index (κ1) is 77.5. The molecule has 0 amide bonds. The molecule has 15 heteroatoms. The number of H-pyrrole nitrogens is 4. The standard InChI is InChI=1S/C15H14N2.C15H10N2.C14H12N2.C7H5BrN2.C7H6N2.5C2H6.CH4.Ac.Br2.H2O/c2*1-2-6-12(7-3-1)10-11-15-13-8-4-5-9-14(13)16-17-15;1-16-13-10-6-5-9-12(13)14(15-16)11-7-3-2-4-8-11;8-7-5-3-1-2-4-6(5)9-10-7;1-2-4-7-6(3-1)5-8-9-7;5*1-2;;;1-2;/h1-9H,10-11H2,(H,16,17);1-9H,(H,16,17);2-10H,1H3;1-4H,(H,9,10);1-5H,(H,8,9);5*1-2H3;1H4;;;1H2. The molecule has 13 rings (SSSR count). The van der Waals surface area contributed by atoms with E-state index in [0.717, 1.165) is 72.6 Å². The fraction of sp³-hybridized carbons (Fsp3) is 0.203. The Balaban J connectivity index is 0.000000985. The maximum atomic E-state index is 4.58. The number of nitrogens with one attached hydrogen (secondary N) is 4. The molecule has 0 spiro atoms. The molecule has 0 bridgehead atoms. The Kier molecular flexibility index (Phi) is 43.2. The minimum absolute atomic E-state index is 0. The van der Waals surface area contributed by atoms with Gasteiger partial charge in [-0.05, 0) is 88.8 Å². The van der Waals surface area contributed by atoms with E-state index < -0.39 is 0 Å². The Morgan fingerprint density at radius 2 is 0.905 bits per heavy atom. The van der Waals surface area contributed by atoms with Gasteiger partial charge < -0.3 is 5.48 Å². The average molecular weight is 1540 g/mol. The Hall–Kier alpha value is -6.49. The van der Waals surface area contributed by atoms with Gasteiger partial charge in [0.2, 0.25) is 0 Å². The molecular weight excluding hydrogens is 1450 g/mol. The van der Waals surface area contributed by atoms with Gasteiger partial charge in [-0.2, -0.15) is 25.5 Å². The van der Waals surface area contributed by atoms with Gasteiger partial charge in [-0.15, -0.1) is 0 Å². The summed E-state index contributed by atoms with van der Waals surface area (Å²) in [4.78, 5) is 0. The molecule has 0 fully saturated rings. The van der Waals surface area contributed by atoms with Crippen molar-refractivity contribution in [3.8, 4) is 23.1 Å². The second kappa shape index (κ2) is 46.8. The van der Waals surface area contributed by atoms with Crippen LogP contribution in [-0.4, -0.2) is 56.0 Å². The van der Waals surface area contributed by atoms with E-state index >= 15 is 0 Å². The number of aromatic nitrogens is 10. The van der Waals surface area contributed by atoms with E-state index in [9.17, 15) is 0 Å². The molecule has 8 aromatic carbocycles. The van der Waals surface area contributed by atoms with Crippen molar-refractivity contribution in [2.45, 2.75) is 89.5 Å². The van der Waals surface area contributed by atoms with Crippen LogP contribution in [0.1, 0.15) is 99.2 Å². The van der Waals surface area contributed by atoms with Crippen molar-refractivity contribution in [2.24, 2.45) is 7.05 Å². The number of halogens is 3. The van der Waals surface area contributed by atoms with E-state index in [1.54, 1.807) is 0 Å². The number of benzene rings is 8. The predicted octanol–water partition coefficient (Wildman–Crippen LogP) is 20.1. The number of hydrogen-bond acceptors (Lipinski definition) is 5. The normalized spacial score (nSPS) is 9.02. The van der Waals surface area contributed by atoms with Crippen molar-refractivity contribution in [3.05, 3.63) is 246 Å². The second-order valence-corrected chi connectivity index (χ2v) is 16.6. The van der Waals surface area contributed by atoms with Crippen molar-refractivity contribution in [1.82, 2.24) is 50.6 Å². The van der Waals surface area contributed by atoms with Crippen molar-refractivity contribution in [1.29, 1.82) is 0 Å². The third kappa shape index (κ3) is 24.2. The summed E-state index contributed by atoms with van der Waals surface area (Å²) in [5, 5.41) is 38.6. The number of hydrogen-bond donors (Lipinski definition) is 4. The number of fused-ring (bicyclic) bond motifs is 5. The van der Waals surface area contributed by atoms with E-state index in [2.05, 4.69) is 175 Å². The topological polar surface area (TPSA) is 164 Å². The van der Waals surface area contributed by atoms with Crippen molar-refractivity contribution < 1.29 is 49.5 Å². The number of para-hydroxylation sites is 5. The molecule has 0 aliphatic heterocycles. The summed E-state index contributed by atoms with van der Waals surface area (Å²) in [5.41, 5.74) is 11.9. The summed E-state index contributed by atoms with van der Waals surface area (Å²) in [5.74, 6) is 6.23. The molecule has 0 saturated carbocycles. The van der Waals surface area contributed by atoms with Gasteiger partial charge in [-0.25, -0.2) is 0 Å². The number of nitrogens with zero attached hydrogens (tertiary/aromatic N) is 6. The van der Waals surface area contributed by atoms with E-state index in [-0.39, 0.29) is 57.0 Å². The molecule has 13 aromatic rings. The molecular formula is C69H83AcBr3N10O. The first-order valence-corrected chi connectivity index (χ1v) is 32.1. The molecule has 439 valence electrons. The van der Waals surface area contributed by atoms with E-state index in [1.807, 2.05) is 227 Å². The van der Waals surface area contributed by atoms with Gasteiger partial charge in [-0.3, -0.25) is 25.1 Å². The van der Waals surface area contributed by atoms with Crippen molar-refractivity contribution in [3.63, 3.8) is 0 Å². The summed E-state index contributed by atoms with van der Waals surface area (Å²) in [7, 11) is 1.98. The Labute approximate surface area is 558 Å². The molecule has 11 nitrogen and oxygen atoms in total. The van der Waals surface area contributed by atoms with Gasteiger partial charge >= 0.3 is 0 Å². The minimum Gasteiger partial charge on any atom is -0.412 e. The van der Waals surface area contributed by atoms with Crippen LogP contribution in [0.3, 0.4) is 0 Å². The van der Waals surface area contributed by atoms with E-state index in [4.69, 9.17) is 0 Å². The molecule has 0 saturated heterocycles. The zero-order valence-corrected chi connectivity index (χ0v) is 59.1. The average Bonchev–Trinajstić information content (AvgIpc) is 4.62. The summed E-state index contributed by atoms with van der Waals surface area (Å²) < 4.78 is 2.88. The van der Waals surface area contributed by atoms with Crippen molar-refractivity contribution in [2.75, 3.05) is 0 Å². The molecule has 5 heterocycles. The van der Waals surface area contributed by atoms with Crippen LogP contribution in [0.2, 0.25) is 0 Å². The van der Waals surface area contributed by atoms with Crippen LogP contribution in [0, 0.1) is 55.9 Å². The van der Waals surface area contributed by atoms with Crippen LogP contribution >= 0.6 is 44.2 Å². The molecule has 0 unspecified atom stereocenters.